The van der Waals surface area contributed by atoms with Gasteiger partial charge >= 0.3 is 0 Å². The second kappa shape index (κ2) is 27.0. The summed E-state index contributed by atoms with van der Waals surface area (Å²) in [7, 11) is 0. The molecule has 1 aliphatic heterocycles. The lowest BCUT2D eigenvalue weighted by Gasteiger charge is -2.23. The van der Waals surface area contributed by atoms with Crippen molar-refractivity contribution in [2.75, 3.05) is 0 Å². The Morgan fingerprint density at radius 3 is 1.32 bits per heavy atom. The van der Waals surface area contributed by atoms with Crippen LogP contribution in [0.25, 0.3) is 195 Å². The first kappa shape index (κ1) is 64.8. The minimum absolute atomic E-state index is 0.0226. The van der Waals surface area contributed by atoms with E-state index >= 15 is 0 Å². The highest BCUT2D eigenvalue weighted by atomic mass is 16.5. The fraction of sp³-hybridized carbons (Fsp3) is 0.0291. The molecule has 111 heavy (non-hydrogen) atoms. The van der Waals surface area contributed by atoms with Crippen molar-refractivity contribution in [3.63, 3.8) is 0 Å². The number of ether oxygens (including phenoxy) is 1. The molecular formula is C103H66N6O2. The molecule has 0 amide bonds. The van der Waals surface area contributed by atoms with E-state index in [-0.39, 0.29) is 11.8 Å². The highest BCUT2D eigenvalue weighted by Crippen LogP contribution is 2.51. The lowest BCUT2D eigenvalue weighted by Crippen LogP contribution is -2.15. The molecule has 16 aromatic carbocycles. The molecule has 0 spiro atoms. The van der Waals surface area contributed by atoms with E-state index in [1.807, 2.05) is 42.5 Å². The first-order chi connectivity index (χ1) is 54.9. The molecule has 21 rings (SSSR count). The van der Waals surface area contributed by atoms with Crippen LogP contribution in [0.15, 0.2) is 380 Å². The summed E-state index contributed by atoms with van der Waals surface area (Å²) < 4.78 is 13.4. The van der Waals surface area contributed by atoms with Gasteiger partial charge in [0.15, 0.2) is 34.9 Å². The lowest BCUT2D eigenvalue weighted by molar-refractivity contribution is 0.407. The fourth-order valence-electron chi connectivity index (χ4n) is 16.5. The van der Waals surface area contributed by atoms with Crippen LogP contribution in [0.3, 0.4) is 0 Å². The predicted molar refractivity (Wildman–Crippen MR) is 453 cm³/mol. The summed E-state index contributed by atoms with van der Waals surface area (Å²) in [5.41, 5.74) is 23.6. The highest BCUT2D eigenvalue weighted by molar-refractivity contribution is 6.15. The predicted octanol–water partition coefficient (Wildman–Crippen LogP) is 26.5. The quantitative estimate of drug-likeness (QED) is 0.105. The fourth-order valence-corrected chi connectivity index (χ4v) is 16.5. The van der Waals surface area contributed by atoms with Gasteiger partial charge in [0.2, 0.25) is 0 Å². The summed E-state index contributed by atoms with van der Waals surface area (Å²) in [6, 6.07) is 127. The molecular weight excluding hydrogens is 1350 g/mol. The highest BCUT2D eigenvalue weighted by Gasteiger charge is 2.38. The van der Waals surface area contributed by atoms with Gasteiger partial charge in [-0.1, -0.05) is 328 Å². The van der Waals surface area contributed by atoms with E-state index in [2.05, 4.69) is 335 Å². The molecule has 2 aliphatic rings. The minimum Gasteiger partial charge on any atom is -0.460 e. The molecule has 8 nitrogen and oxygen atoms in total. The lowest BCUT2D eigenvalue weighted by atomic mass is 9.81. The average Bonchev–Trinajstić information content (AvgIpc) is 1.04. The number of aromatic nitrogens is 6. The van der Waals surface area contributed by atoms with E-state index in [9.17, 15) is 0 Å². The van der Waals surface area contributed by atoms with Crippen LogP contribution in [-0.2, 0) is 0 Å². The minimum atomic E-state index is 0.0226. The van der Waals surface area contributed by atoms with Crippen LogP contribution in [0, 0.1) is 5.92 Å². The van der Waals surface area contributed by atoms with Crippen molar-refractivity contribution in [3.8, 4) is 141 Å². The maximum absolute atomic E-state index is 6.78. The van der Waals surface area contributed by atoms with Crippen molar-refractivity contribution in [1.29, 1.82) is 0 Å². The van der Waals surface area contributed by atoms with Crippen LogP contribution in [0.4, 0.5) is 0 Å². The maximum Gasteiger partial charge on any atom is 0.167 e. The Hall–Kier alpha value is -14.6. The Morgan fingerprint density at radius 2 is 0.667 bits per heavy atom. The van der Waals surface area contributed by atoms with Gasteiger partial charge in [-0.15, -0.1) is 0 Å². The summed E-state index contributed by atoms with van der Waals surface area (Å²) in [5, 5.41) is 9.22. The molecule has 520 valence electrons. The topological polar surface area (TPSA) is 99.7 Å². The summed E-state index contributed by atoms with van der Waals surface area (Å²) in [6.07, 6.45) is 4.38. The summed E-state index contributed by atoms with van der Waals surface area (Å²) in [5.74, 6) is 5.17. The summed E-state index contributed by atoms with van der Waals surface area (Å²) in [4.78, 5) is 31.9. The number of fused-ring (bicyclic) bond motifs is 10. The van der Waals surface area contributed by atoms with Crippen molar-refractivity contribution in [2.45, 2.75) is 12.8 Å². The molecule has 19 aromatic rings. The molecule has 0 bridgehead atoms. The Bertz CT molecular complexity index is 6990. The monoisotopic (exact) mass is 1420 g/mol. The number of nitrogens with zero attached hydrogens (tertiary/aromatic N) is 6. The van der Waals surface area contributed by atoms with Gasteiger partial charge in [0.1, 0.15) is 22.7 Å². The Balaban J connectivity index is 0.620. The van der Waals surface area contributed by atoms with Crippen molar-refractivity contribution in [2.24, 2.45) is 5.92 Å². The average molecular weight is 1420 g/mol. The molecule has 1 aliphatic carbocycles. The second-order valence-corrected chi connectivity index (χ2v) is 28.8. The van der Waals surface area contributed by atoms with E-state index in [0.29, 0.717) is 34.9 Å². The molecule has 0 radical (unpaired) electrons. The van der Waals surface area contributed by atoms with Gasteiger partial charge in [-0.05, 0) is 165 Å². The van der Waals surface area contributed by atoms with Crippen molar-refractivity contribution in [1.82, 2.24) is 29.9 Å². The first-order valence-corrected chi connectivity index (χ1v) is 37.7. The third kappa shape index (κ3) is 11.7. The zero-order valence-electron chi connectivity index (χ0n) is 60.4. The molecule has 2 atom stereocenters. The zero-order chi connectivity index (χ0) is 73.5. The molecule has 4 heterocycles. The molecule has 0 N–H and O–H groups in total. The molecule has 3 aromatic heterocycles. The largest absolute Gasteiger partial charge is 0.460 e. The Labute approximate surface area is 641 Å². The van der Waals surface area contributed by atoms with Crippen LogP contribution in [0.1, 0.15) is 24.2 Å². The van der Waals surface area contributed by atoms with Gasteiger partial charge in [0.25, 0.3) is 0 Å². The maximum atomic E-state index is 6.78. The molecule has 2 unspecified atom stereocenters. The molecule has 0 saturated heterocycles. The van der Waals surface area contributed by atoms with Crippen molar-refractivity contribution < 1.29 is 9.15 Å². The standard InChI is InChI=1S/C103H66N6O2/c1-63-40-55-90(97-95(63)88-35-13-15-39-94(88)111-97)103-108-100(70-47-41-65(42-48-70)73-25-17-28-77(59-73)81-57-56-80(67-22-6-3-7-23-67)82-30-8-9-31-83(81)82)105-101(109-103)79-29-18-26-74(60-79)66-43-49-69(50-44-66)98-104-99(107-102(106-98)89-37-19-36-87-86-34-12-14-38-93(86)110-96(87)89)71-51-45-68(46-52-71)91-62-78-54-53-76(61-92(78)85-33-11-10-32-84(85)91)75-27-16-24-72(58-75)64-20-4-2-5-21-64/h2-63,95H,1H3. The van der Waals surface area contributed by atoms with Gasteiger partial charge in [0.05, 0.1) is 17.1 Å². The number of para-hydroxylation sites is 3. The van der Waals surface area contributed by atoms with Gasteiger partial charge in [-0.25, -0.2) is 29.9 Å². The van der Waals surface area contributed by atoms with Crippen LogP contribution in [-0.4, -0.2) is 29.9 Å². The number of benzene rings is 16. The Morgan fingerprint density at radius 1 is 0.252 bits per heavy atom. The van der Waals surface area contributed by atoms with Crippen LogP contribution in [0.2, 0.25) is 0 Å². The normalized spacial score (nSPS) is 13.8. The SMILES string of the molecule is CC1C=CC(c2nc(-c3ccc(-c4cccc(-c5ccc(-c6ccccc6)c6ccccc56)c4)cc3)nc(-c3cccc(-c4ccc(-c5nc(-c6ccc(-c7cc8ccc(-c9cccc(-c%10ccccc%10)c9)cc8c8ccccc78)cc6)nc(-c6cccc7c6oc6ccccc67)n5)cc4)c3)n2)=C2Oc3ccccc3C21. The zero-order valence-corrected chi connectivity index (χ0v) is 60.4. The first-order valence-electron chi connectivity index (χ1n) is 37.7. The third-order valence-electron chi connectivity index (χ3n) is 22.1. The van der Waals surface area contributed by atoms with E-state index in [4.69, 9.17) is 39.1 Å². The van der Waals surface area contributed by atoms with Gasteiger partial charge in [-0.3, -0.25) is 0 Å². The van der Waals surface area contributed by atoms with E-state index in [0.717, 1.165) is 111 Å². The van der Waals surface area contributed by atoms with Crippen molar-refractivity contribution >= 4 is 59.8 Å². The van der Waals surface area contributed by atoms with Gasteiger partial charge in [0, 0.05) is 38.6 Å². The molecule has 8 heteroatoms. The van der Waals surface area contributed by atoms with E-state index in [1.165, 1.54) is 71.3 Å². The second-order valence-electron chi connectivity index (χ2n) is 28.8. The van der Waals surface area contributed by atoms with Crippen LogP contribution < -0.4 is 4.74 Å². The number of hydrogen-bond acceptors (Lipinski definition) is 8. The summed E-state index contributed by atoms with van der Waals surface area (Å²) in [6.45, 7) is 2.24. The Kier molecular flexibility index (Phi) is 15.8. The molecule has 0 saturated carbocycles. The van der Waals surface area contributed by atoms with Crippen LogP contribution >= 0.6 is 0 Å². The number of rotatable bonds is 13. The van der Waals surface area contributed by atoms with Gasteiger partial charge in [-0.2, -0.15) is 0 Å². The number of allylic oxidation sites excluding steroid dienone is 4. The van der Waals surface area contributed by atoms with E-state index < -0.39 is 0 Å². The smallest absolute Gasteiger partial charge is 0.167 e. The van der Waals surface area contributed by atoms with Crippen molar-refractivity contribution in [3.05, 3.63) is 387 Å². The van der Waals surface area contributed by atoms with E-state index in [1.54, 1.807) is 0 Å². The third-order valence-corrected chi connectivity index (χ3v) is 22.1. The number of furan rings is 1. The molecule has 0 fully saturated rings. The summed E-state index contributed by atoms with van der Waals surface area (Å²) >= 11 is 0. The van der Waals surface area contributed by atoms with Gasteiger partial charge < -0.3 is 9.15 Å². The number of hydrogen-bond donors (Lipinski definition) is 0. The van der Waals surface area contributed by atoms with Crippen LogP contribution in [0.5, 0.6) is 5.75 Å².